The minimum absolute atomic E-state index is 0.279. The van der Waals surface area contributed by atoms with E-state index >= 15 is 0 Å². The number of halogens is 1. The van der Waals surface area contributed by atoms with Gasteiger partial charge in [0.05, 0.1) is 55.0 Å². The quantitative estimate of drug-likeness (QED) is 0.670. The molecule has 1 N–H and O–H groups in total. The van der Waals surface area contributed by atoms with E-state index in [9.17, 15) is 5.11 Å². The number of fused-ring (bicyclic) bond motifs is 1. The molecule has 2 aromatic heterocycles. The van der Waals surface area contributed by atoms with Crippen LogP contribution in [-0.4, -0.2) is 67.5 Å². The second-order valence-corrected chi connectivity index (χ2v) is 9.96. The maximum atomic E-state index is 10.4. The van der Waals surface area contributed by atoms with Gasteiger partial charge in [0.25, 0.3) is 0 Å². The van der Waals surface area contributed by atoms with Crippen LogP contribution in [0.2, 0.25) is 5.02 Å². The first kappa shape index (κ1) is 19.7. The summed E-state index contributed by atoms with van der Waals surface area (Å²) in [7, 11) is 0. The smallest absolute Gasteiger partial charge is 0.103 e. The van der Waals surface area contributed by atoms with Crippen molar-refractivity contribution in [2.45, 2.75) is 56.2 Å². The summed E-state index contributed by atoms with van der Waals surface area (Å²) in [6.45, 7) is 5.01. The van der Waals surface area contributed by atoms with Gasteiger partial charge in [-0.05, 0) is 69.3 Å². The Morgan fingerprint density at radius 1 is 1.13 bits per heavy atom. The number of benzene rings is 1. The van der Waals surface area contributed by atoms with Gasteiger partial charge >= 0.3 is 0 Å². The Balaban J connectivity index is 1.26. The zero-order valence-corrected chi connectivity index (χ0v) is 18.5. The van der Waals surface area contributed by atoms with Crippen molar-refractivity contribution in [3.63, 3.8) is 0 Å². The zero-order valence-electron chi connectivity index (χ0n) is 17.7. The van der Waals surface area contributed by atoms with E-state index in [0.29, 0.717) is 25.2 Å². The van der Waals surface area contributed by atoms with E-state index < -0.39 is 6.10 Å². The molecule has 3 fully saturated rings. The molecule has 2 atom stereocenters. The molecule has 7 nitrogen and oxygen atoms in total. The van der Waals surface area contributed by atoms with Gasteiger partial charge in [0.2, 0.25) is 0 Å². The average molecular weight is 442 g/mol. The van der Waals surface area contributed by atoms with Crippen molar-refractivity contribution in [1.29, 1.82) is 0 Å². The lowest BCUT2D eigenvalue weighted by Crippen LogP contribution is -2.56. The second kappa shape index (κ2) is 7.30. The molecule has 0 amide bonds. The van der Waals surface area contributed by atoms with Gasteiger partial charge in [0.1, 0.15) is 5.69 Å². The van der Waals surface area contributed by atoms with Crippen LogP contribution in [0.15, 0.2) is 30.7 Å². The van der Waals surface area contributed by atoms with Crippen LogP contribution in [0.4, 0.5) is 0 Å². The first-order valence-corrected chi connectivity index (χ1v) is 11.6. The molecule has 2 saturated heterocycles. The first-order valence-electron chi connectivity index (χ1n) is 11.3. The minimum atomic E-state index is -0.421. The van der Waals surface area contributed by atoms with E-state index in [2.05, 4.69) is 39.0 Å². The van der Waals surface area contributed by atoms with E-state index in [4.69, 9.17) is 16.3 Å². The molecule has 0 radical (unpaired) electrons. The summed E-state index contributed by atoms with van der Waals surface area (Å²) in [6.07, 6.45) is 9.89. The molecule has 0 spiro atoms. The molecular formula is C23H28ClN5O2. The number of likely N-dealkylation sites (tertiary alicyclic amines) is 1. The maximum Gasteiger partial charge on any atom is 0.103 e. The van der Waals surface area contributed by atoms with Crippen molar-refractivity contribution in [1.82, 2.24) is 24.5 Å². The van der Waals surface area contributed by atoms with Gasteiger partial charge in [-0.25, -0.2) is 4.68 Å². The van der Waals surface area contributed by atoms with E-state index in [1.165, 1.54) is 18.4 Å². The first-order chi connectivity index (χ1) is 15.0. The van der Waals surface area contributed by atoms with Gasteiger partial charge in [-0.1, -0.05) is 11.6 Å². The number of aromatic nitrogens is 4. The lowest BCUT2D eigenvalue weighted by atomic mass is 9.85. The minimum Gasteiger partial charge on any atom is -0.389 e. The fraction of sp³-hybridized carbons (Fsp3) is 0.565. The Morgan fingerprint density at radius 2 is 1.94 bits per heavy atom. The van der Waals surface area contributed by atoms with Gasteiger partial charge < -0.3 is 9.84 Å². The van der Waals surface area contributed by atoms with Crippen LogP contribution < -0.4 is 0 Å². The highest BCUT2D eigenvalue weighted by atomic mass is 35.5. The summed E-state index contributed by atoms with van der Waals surface area (Å²) in [6, 6.07) is 4.81. The largest absolute Gasteiger partial charge is 0.389 e. The van der Waals surface area contributed by atoms with Gasteiger partial charge in [0, 0.05) is 10.4 Å². The molecular weight excluding hydrogens is 414 g/mol. The summed E-state index contributed by atoms with van der Waals surface area (Å²) in [5.74, 6) is 0.397. The molecule has 3 aliphatic rings. The van der Waals surface area contributed by atoms with Crippen molar-refractivity contribution >= 4 is 22.5 Å². The number of hydrogen-bond acceptors (Lipinski definition) is 5. The number of aliphatic hydroxyl groups is 1. The second-order valence-electron chi connectivity index (χ2n) is 9.55. The Morgan fingerprint density at radius 3 is 2.65 bits per heavy atom. The molecule has 31 heavy (non-hydrogen) atoms. The molecule has 4 heterocycles. The molecule has 2 aliphatic heterocycles. The Hall–Kier alpha value is -1.93. The van der Waals surface area contributed by atoms with Crippen molar-refractivity contribution < 1.29 is 9.84 Å². The summed E-state index contributed by atoms with van der Waals surface area (Å²) in [5.41, 5.74) is 2.98. The van der Waals surface area contributed by atoms with E-state index in [1.807, 2.05) is 23.1 Å². The number of ether oxygens (including phenoxy) is 1. The Bertz CT molecular complexity index is 1110. The van der Waals surface area contributed by atoms with Crippen molar-refractivity contribution in [3.05, 3.63) is 41.3 Å². The molecule has 0 bridgehead atoms. The van der Waals surface area contributed by atoms with Gasteiger partial charge in [-0.2, -0.15) is 10.2 Å². The molecule has 8 heteroatoms. The van der Waals surface area contributed by atoms with E-state index in [0.717, 1.165) is 47.5 Å². The highest BCUT2D eigenvalue weighted by molar-refractivity contribution is 6.32. The topological polar surface area (TPSA) is 68.3 Å². The fourth-order valence-electron chi connectivity index (χ4n) is 5.21. The third-order valence-electron chi connectivity index (χ3n) is 7.48. The van der Waals surface area contributed by atoms with Crippen LogP contribution in [0.1, 0.15) is 50.1 Å². The highest BCUT2D eigenvalue weighted by Gasteiger charge is 2.45. The molecule has 1 aromatic carbocycles. The molecule has 3 aromatic rings. The lowest BCUT2D eigenvalue weighted by molar-refractivity contribution is -0.00211. The van der Waals surface area contributed by atoms with E-state index in [-0.39, 0.29) is 5.54 Å². The Kier molecular flexibility index (Phi) is 4.65. The molecule has 1 saturated carbocycles. The number of nitrogens with zero attached hydrogens (tertiary/aromatic N) is 5. The van der Waals surface area contributed by atoms with Crippen LogP contribution in [0.25, 0.3) is 16.6 Å². The van der Waals surface area contributed by atoms with Gasteiger partial charge in [-0.3, -0.25) is 9.58 Å². The number of aliphatic hydroxyl groups excluding tert-OH is 1. The number of piperidine rings is 1. The third kappa shape index (κ3) is 3.30. The summed E-state index contributed by atoms with van der Waals surface area (Å²) in [4.78, 5) is 2.39. The van der Waals surface area contributed by atoms with Crippen LogP contribution in [0.5, 0.6) is 0 Å². The monoisotopic (exact) mass is 441 g/mol. The third-order valence-corrected chi connectivity index (χ3v) is 7.81. The predicted molar refractivity (Wildman–Crippen MR) is 119 cm³/mol. The molecule has 6 rings (SSSR count). The molecule has 1 aliphatic carbocycles. The SMILES string of the molecule is CC1(N2CCC(c3cc4c(cnn4-c4cnn(C5CC5)c4)cc3Cl)CC2)COC[C@H]1O. The van der Waals surface area contributed by atoms with Gasteiger partial charge in [-0.15, -0.1) is 0 Å². The van der Waals surface area contributed by atoms with Gasteiger partial charge in [0.15, 0.2) is 0 Å². The zero-order chi connectivity index (χ0) is 21.2. The lowest BCUT2D eigenvalue weighted by Gasteiger charge is -2.43. The van der Waals surface area contributed by atoms with Crippen LogP contribution in [0.3, 0.4) is 0 Å². The molecule has 1 unspecified atom stereocenters. The van der Waals surface area contributed by atoms with Crippen LogP contribution >= 0.6 is 11.6 Å². The van der Waals surface area contributed by atoms with Crippen LogP contribution in [0, 0.1) is 0 Å². The predicted octanol–water partition coefficient (Wildman–Crippen LogP) is 3.54. The number of hydrogen-bond donors (Lipinski definition) is 1. The molecule has 164 valence electrons. The van der Waals surface area contributed by atoms with Crippen LogP contribution in [-0.2, 0) is 4.74 Å². The van der Waals surface area contributed by atoms with Crippen molar-refractivity contribution in [2.24, 2.45) is 0 Å². The van der Waals surface area contributed by atoms with Crippen molar-refractivity contribution in [3.8, 4) is 5.69 Å². The normalized spacial score (nSPS) is 28.0. The fourth-order valence-corrected chi connectivity index (χ4v) is 5.54. The maximum absolute atomic E-state index is 10.4. The van der Waals surface area contributed by atoms with E-state index in [1.54, 1.807) is 0 Å². The average Bonchev–Trinajstić information content (AvgIpc) is 3.20. The highest BCUT2D eigenvalue weighted by Crippen LogP contribution is 2.39. The summed E-state index contributed by atoms with van der Waals surface area (Å²) >= 11 is 6.73. The standard InChI is InChI=1S/C23H28ClN5O2/c1-23(14-31-13-22(23)30)27-6-4-15(5-7-27)19-9-21-16(8-20(19)24)10-26-29(21)18-11-25-28(12-18)17-2-3-17/h8-12,15,17,22,30H,2-7,13-14H2,1H3/t22-,23?/m1/s1. The summed E-state index contributed by atoms with van der Waals surface area (Å²) < 4.78 is 9.57. The Labute approximate surface area is 186 Å². The number of rotatable bonds is 4. The summed E-state index contributed by atoms with van der Waals surface area (Å²) in [5, 5.41) is 21.4. The van der Waals surface area contributed by atoms with Crippen molar-refractivity contribution in [2.75, 3.05) is 26.3 Å².